The van der Waals surface area contributed by atoms with E-state index in [2.05, 4.69) is 5.14 Å². The fourth-order valence-corrected chi connectivity index (χ4v) is 1.38. The Hall–Kier alpha value is -1.28. The molecule has 0 unspecified atom stereocenters. The molecule has 5 nitrogen and oxygen atoms in total. The summed E-state index contributed by atoms with van der Waals surface area (Å²) in [4.78, 5) is 11.9. The van der Waals surface area contributed by atoms with Crippen molar-refractivity contribution in [3.05, 3.63) is 28.2 Å². The van der Waals surface area contributed by atoms with Gasteiger partial charge in [0, 0.05) is 6.07 Å². The third-order valence-electron chi connectivity index (χ3n) is 1.40. The molecule has 0 aromatic carbocycles. The number of aromatic nitrogens is 1. The van der Waals surface area contributed by atoms with Crippen LogP contribution in [-0.2, 0) is 10.0 Å². The quantitative estimate of drug-likeness (QED) is 0.738. The predicted octanol–water partition coefficient (Wildman–Crippen LogP) is -0.0401. The number of aromatic amines is 1. The highest BCUT2D eigenvalue weighted by Crippen LogP contribution is 2.16. The molecule has 1 aromatic heterocycles. The molecule has 1 aromatic rings. The van der Waals surface area contributed by atoms with Gasteiger partial charge >= 0.3 is 0 Å². The van der Waals surface area contributed by atoms with Crippen LogP contribution in [0.3, 0.4) is 0 Å². The van der Waals surface area contributed by atoms with Crippen LogP contribution in [0.1, 0.15) is 12.1 Å². The zero-order chi connectivity index (χ0) is 10.9. The van der Waals surface area contributed by atoms with Crippen molar-refractivity contribution in [1.82, 2.24) is 4.98 Å². The second kappa shape index (κ2) is 3.46. The third-order valence-corrected chi connectivity index (χ3v) is 2.30. The van der Waals surface area contributed by atoms with E-state index in [-0.39, 0.29) is 0 Å². The van der Waals surface area contributed by atoms with Crippen LogP contribution in [0.15, 0.2) is 21.8 Å². The van der Waals surface area contributed by atoms with Crippen molar-refractivity contribution in [2.75, 3.05) is 0 Å². The number of rotatable bonds is 2. The molecule has 0 aliphatic rings. The fourth-order valence-electron chi connectivity index (χ4n) is 0.820. The lowest BCUT2D eigenvalue weighted by molar-refractivity contribution is 0.145. The molecule has 0 aliphatic heterocycles. The lowest BCUT2D eigenvalue weighted by Crippen LogP contribution is -2.17. The third kappa shape index (κ3) is 2.36. The Kier molecular flexibility index (Phi) is 2.67. The van der Waals surface area contributed by atoms with Gasteiger partial charge in [-0.1, -0.05) is 0 Å². The largest absolute Gasteiger partial charge is 0.321 e. The van der Waals surface area contributed by atoms with Gasteiger partial charge < -0.3 is 4.98 Å². The first-order chi connectivity index (χ1) is 6.30. The highest BCUT2D eigenvalue weighted by atomic mass is 32.2. The predicted molar refractivity (Wildman–Crippen MR) is 43.4 cm³/mol. The van der Waals surface area contributed by atoms with E-state index < -0.39 is 32.6 Å². The molecular formula is C6H6F2N2O3S. The maximum Gasteiger partial charge on any atom is 0.278 e. The molecule has 8 heteroatoms. The smallest absolute Gasteiger partial charge is 0.278 e. The van der Waals surface area contributed by atoms with Crippen molar-refractivity contribution in [1.29, 1.82) is 0 Å². The minimum atomic E-state index is -4.13. The van der Waals surface area contributed by atoms with Crippen molar-refractivity contribution in [3.8, 4) is 0 Å². The van der Waals surface area contributed by atoms with Crippen LogP contribution in [0.5, 0.6) is 0 Å². The molecule has 0 aliphatic carbocycles. The number of halogens is 2. The number of primary sulfonamides is 1. The summed E-state index contributed by atoms with van der Waals surface area (Å²) in [5.74, 6) is 0. The molecule has 0 saturated heterocycles. The topological polar surface area (TPSA) is 93.0 Å². The maximum absolute atomic E-state index is 12.1. The van der Waals surface area contributed by atoms with Crippen LogP contribution in [0.25, 0.3) is 0 Å². The van der Waals surface area contributed by atoms with Crippen LogP contribution < -0.4 is 10.7 Å². The average Bonchev–Trinajstić information content (AvgIpc) is 2.01. The van der Waals surface area contributed by atoms with Gasteiger partial charge in [-0.15, -0.1) is 0 Å². The second-order valence-corrected chi connectivity index (χ2v) is 4.04. The highest BCUT2D eigenvalue weighted by Gasteiger charge is 2.14. The normalized spacial score (nSPS) is 12.0. The van der Waals surface area contributed by atoms with Gasteiger partial charge in [-0.25, -0.2) is 22.3 Å². The number of nitrogens with two attached hydrogens (primary N) is 1. The molecule has 0 bridgehead atoms. The van der Waals surface area contributed by atoms with Gasteiger partial charge in [0.1, 0.15) is 0 Å². The van der Waals surface area contributed by atoms with E-state index in [0.717, 1.165) is 0 Å². The summed E-state index contributed by atoms with van der Waals surface area (Å²) < 4.78 is 45.7. The fraction of sp³-hybridized carbons (Fsp3) is 0.167. The van der Waals surface area contributed by atoms with Gasteiger partial charge in [-0.3, -0.25) is 4.79 Å². The standard InChI is InChI=1S/C6H6F2N2O3S/c7-6(8)4-1-3(14(9,12)13)2-5(11)10-4/h1-2,6H,(H,10,11)(H2,9,12,13). The van der Waals surface area contributed by atoms with Gasteiger partial charge in [0.15, 0.2) is 0 Å². The number of pyridine rings is 1. The van der Waals surface area contributed by atoms with Crippen LogP contribution in [0.4, 0.5) is 8.78 Å². The molecule has 78 valence electrons. The number of hydrogen-bond donors (Lipinski definition) is 2. The van der Waals surface area contributed by atoms with Crippen LogP contribution in [-0.4, -0.2) is 13.4 Å². The Morgan fingerprint density at radius 3 is 2.36 bits per heavy atom. The number of hydrogen-bond acceptors (Lipinski definition) is 3. The summed E-state index contributed by atoms with van der Waals surface area (Å²) in [6, 6.07) is 1.27. The van der Waals surface area contributed by atoms with Crippen molar-refractivity contribution >= 4 is 10.0 Å². The summed E-state index contributed by atoms with van der Waals surface area (Å²) in [7, 11) is -4.13. The lowest BCUT2D eigenvalue weighted by Gasteiger charge is -2.01. The van der Waals surface area contributed by atoms with E-state index in [1.54, 1.807) is 4.98 Å². The van der Waals surface area contributed by atoms with Gasteiger partial charge in [0.05, 0.1) is 10.6 Å². The molecule has 0 radical (unpaired) electrons. The molecule has 0 amide bonds. The monoisotopic (exact) mass is 224 g/mol. The summed E-state index contributed by atoms with van der Waals surface area (Å²) in [6.45, 7) is 0. The van der Waals surface area contributed by atoms with Gasteiger partial charge in [0.2, 0.25) is 15.6 Å². The Morgan fingerprint density at radius 1 is 1.36 bits per heavy atom. The summed E-state index contributed by atoms with van der Waals surface area (Å²) in [5, 5.41) is 4.67. The molecule has 0 spiro atoms. The molecule has 14 heavy (non-hydrogen) atoms. The van der Waals surface area contributed by atoms with Gasteiger partial charge in [0.25, 0.3) is 6.43 Å². The molecule has 0 fully saturated rings. The van der Waals surface area contributed by atoms with E-state index in [0.29, 0.717) is 12.1 Å². The summed E-state index contributed by atoms with van der Waals surface area (Å²) in [5.41, 5.74) is -1.71. The van der Waals surface area contributed by atoms with Crippen LogP contribution in [0.2, 0.25) is 0 Å². The first-order valence-electron chi connectivity index (χ1n) is 3.36. The van der Waals surface area contributed by atoms with E-state index in [1.807, 2.05) is 0 Å². The summed E-state index contributed by atoms with van der Waals surface area (Å²) >= 11 is 0. The minimum Gasteiger partial charge on any atom is -0.321 e. The van der Waals surface area contributed by atoms with Crippen molar-refractivity contribution in [2.45, 2.75) is 11.3 Å². The molecule has 3 N–H and O–H groups in total. The average molecular weight is 224 g/mol. The van der Waals surface area contributed by atoms with Crippen molar-refractivity contribution in [3.63, 3.8) is 0 Å². The lowest BCUT2D eigenvalue weighted by atomic mass is 10.3. The van der Waals surface area contributed by atoms with Crippen LogP contribution >= 0.6 is 0 Å². The Bertz CT molecular complexity index is 494. The first-order valence-corrected chi connectivity index (χ1v) is 4.90. The zero-order valence-electron chi connectivity index (χ0n) is 6.70. The molecule has 1 heterocycles. The van der Waals surface area contributed by atoms with E-state index in [4.69, 9.17) is 0 Å². The second-order valence-electron chi connectivity index (χ2n) is 2.48. The molecule has 1 rings (SSSR count). The van der Waals surface area contributed by atoms with Gasteiger partial charge in [-0.2, -0.15) is 0 Å². The highest BCUT2D eigenvalue weighted by molar-refractivity contribution is 7.89. The summed E-state index contributed by atoms with van der Waals surface area (Å²) in [6.07, 6.45) is -2.95. The molecule has 0 saturated carbocycles. The number of alkyl halides is 2. The minimum absolute atomic E-state index is 0.626. The number of sulfonamides is 1. The van der Waals surface area contributed by atoms with Crippen LogP contribution in [0, 0.1) is 0 Å². The SMILES string of the molecule is NS(=O)(=O)c1cc(C(F)F)[nH]c(=O)c1. The zero-order valence-corrected chi connectivity index (χ0v) is 7.51. The Morgan fingerprint density at radius 2 is 1.93 bits per heavy atom. The number of H-pyrrole nitrogens is 1. The Labute approximate surface area is 77.6 Å². The van der Waals surface area contributed by atoms with E-state index in [1.165, 1.54) is 0 Å². The first kappa shape index (κ1) is 10.8. The van der Waals surface area contributed by atoms with Crippen molar-refractivity contribution < 1.29 is 17.2 Å². The van der Waals surface area contributed by atoms with E-state index >= 15 is 0 Å². The number of nitrogens with one attached hydrogen (secondary N) is 1. The van der Waals surface area contributed by atoms with Gasteiger partial charge in [-0.05, 0) is 6.07 Å². The molecular weight excluding hydrogens is 218 g/mol. The van der Waals surface area contributed by atoms with E-state index in [9.17, 15) is 22.0 Å². The van der Waals surface area contributed by atoms with Crippen molar-refractivity contribution in [2.24, 2.45) is 5.14 Å². The Balaban J connectivity index is 3.43. The molecule has 0 atom stereocenters. The maximum atomic E-state index is 12.1.